The van der Waals surface area contributed by atoms with E-state index in [9.17, 15) is 9.59 Å². The number of amides is 2. The molecule has 0 radical (unpaired) electrons. The summed E-state index contributed by atoms with van der Waals surface area (Å²) in [7, 11) is 0. The van der Waals surface area contributed by atoms with E-state index in [1.54, 1.807) is 0 Å². The van der Waals surface area contributed by atoms with Crippen LogP contribution in [0.15, 0.2) is 48.5 Å². The summed E-state index contributed by atoms with van der Waals surface area (Å²) in [4.78, 5) is 23.2. The average molecular weight is 339 g/mol. The highest BCUT2D eigenvalue weighted by Crippen LogP contribution is 2.39. The van der Waals surface area contributed by atoms with Gasteiger partial charge >= 0.3 is 6.09 Å². The van der Waals surface area contributed by atoms with Gasteiger partial charge in [-0.2, -0.15) is 0 Å². The third kappa shape index (κ3) is 3.15. The van der Waals surface area contributed by atoms with Gasteiger partial charge < -0.3 is 14.2 Å². The predicted octanol–water partition coefficient (Wildman–Crippen LogP) is 2.77. The van der Waals surface area contributed by atoms with Crippen molar-refractivity contribution in [2.24, 2.45) is 0 Å². The molecule has 0 bridgehead atoms. The lowest BCUT2D eigenvalue weighted by molar-refractivity contribution is -0.124. The predicted molar refractivity (Wildman–Crippen MR) is 88.5 cm³/mol. The van der Waals surface area contributed by atoms with E-state index in [1.165, 1.54) is 0 Å². The van der Waals surface area contributed by atoms with E-state index in [-0.39, 0.29) is 5.92 Å². The smallest absolute Gasteiger partial charge is 0.414 e. The van der Waals surface area contributed by atoms with Gasteiger partial charge in [0.1, 0.15) is 18.1 Å². The van der Waals surface area contributed by atoms with Crippen LogP contribution in [0.2, 0.25) is 0 Å². The molecule has 2 aliphatic heterocycles. The minimum Gasteiger partial charge on any atom is -0.493 e. The number of benzene rings is 2. The number of hydrogen-bond acceptors (Lipinski definition) is 5. The SMILES string of the molecule is O=C1NC(=O)C([C@@H]2CCOc3cc(OCc4ccccc4)ccc32)O1. The Balaban J connectivity index is 1.52. The molecule has 2 heterocycles. The maximum atomic E-state index is 11.9. The van der Waals surface area contributed by atoms with Gasteiger partial charge in [-0.1, -0.05) is 36.4 Å². The second-order valence-electron chi connectivity index (χ2n) is 6.03. The number of imide groups is 1. The van der Waals surface area contributed by atoms with E-state index in [0.717, 1.165) is 11.1 Å². The highest BCUT2D eigenvalue weighted by atomic mass is 16.6. The van der Waals surface area contributed by atoms with Crippen LogP contribution in [0, 0.1) is 0 Å². The molecule has 4 rings (SSSR count). The monoisotopic (exact) mass is 339 g/mol. The van der Waals surface area contributed by atoms with E-state index in [4.69, 9.17) is 14.2 Å². The maximum Gasteiger partial charge on any atom is 0.414 e. The molecule has 2 atom stereocenters. The van der Waals surface area contributed by atoms with Gasteiger partial charge in [-0.15, -0.1) is 0 Å². The molecule has 128 valence electrons. The number of nitrogens with one attached hydrogen (secondary N) is 1. The van der Waals surface area contributed by atoms with E-state index < -0.39 is 18.1 Å². The van der Waals surface area contributed by atoms with Crippen molar-refractivity contribution < 1.29 is 23.8 Å². The van der Waals surface area contributed by atoms with Gasteiger partial charge in [0.15, 0.2) is 6.10 Å². The summed E-state index contributed by atoms with van der Waals surface area (Å²) in [6.07, 6.45) is -0.875. The quantitative estimate of drug-likeness (QED) is 0.927. The summed E-state index contributed by atoms with van der Waals surface area (Å²) in [6.45, 7) is 0.923. The summed E-state index contributed by atoms with van der Waals surface area (Å²) in [5.41, 5.74) is 1.93. The second-order valence-corrected chi connectivity index (χ2v) is 6.03. The molecule has 2 amide bonds. The third-order valence-corrected chi connectivity index (χ3v) is 4.40. The Hall–Kier alpha value is -3.02. The van der Waals surface area contributed by atoms with Crippen LogP contribution in [0.3, 0.4) is 0 Å². The van der Waals surface area contributed by atoms with Crippen molar-refractivity contribution >= 4 is 12.0 Å². The first-order valence-electron chi connectivity index (χ1n) is 8.15. The number of cyclic esters (lactones) is 1. The fourth-order valence-corrected chi connectivity index (χ4v) is 3.18. The molecule has 1 saturated heterocycles. The molecule has 1 N–H and O–H groups in total. The number of rotatable bonds is 4. The first kappa shape index (κ1) is 15.5. The summed E-state index contributed by atoms with van der Waals surface area (Å²) in [5.74, 6) is 0.749. The second kappa shape index (κ2) is 6.47. The topological polar surface area (TPSA) is 73.9 Å². The van der Waals surface area contributed by atoms with Crippen LogP contribution in [-0.2, 0) is 16.1 Å². The summed E-state index contributed by atoms with van der Waals surface area (Å²) in [5, 5.41) is 2.18. The van der Waals surface area contributed by atoms with E-state index in [2.05, 4.69) is 5.32 Å². The lowest BCUT2D eigenvalue weighted by Crippen LogP contribution is -2.32. The van der Waals surface area contributed by atoms with Crippen molar-refractivity contribution in [2.45, 2.75) is 25.0 Å². The summed E-state index contributed by atoms with van der Waals surface area (Å²) >= 11 is 0. The van der Waals surface area contributed by atoms with E-state index in [0.29, 0.717) is 31.1 Å². The average Bonchev–Trinajstić information content (AvgIpc) is 2.98. The molecule has 0 aliphatic carbocycles. The maximum absolute atomic E-state index is 11.9. The van der Waals surface area contributed by atoms with Gasteiger partial charge in [-0.25, -0.2) is 4.79 Å². The van der Waals surface area contributed by atoms with Crippen LogP contribution in [-0.4, -0.2) is 24.7 Å². The van der Waals surface area contributed by atoms with E-state index in [1.807, 2.05) is 48.5 Å². The number of hydrogen-bond donors (Lipinski definition) is 1. The van der Waals surface area contributed by atoms with Crippen LogP contribution >= 0.6 is 0 Å². The molecule has 0 saturated carbocycles. The zero-order chi connectivity index (χ0) is 17.2. The Morgan fingerprint density at radius 1 is 1.12 bits per heavy atom. The van der Waals surface area contributed by atoms with Crippen molar-refractivity contribution in [3.63, 3.8) is 0 Å². The Bertz CT molecular complexity index is 805. The summed E-state index contributed by atoms with van der Waals surface area (Å²) < 4.78 is 16.6. The standard InChI is InChI=1S/C19H17NO5/c21-18-17(25-19(22)20-18)15-8-9-23-16-10-13(6-7-14(15)16)24-11-12-4-2-1-3-5-12/h1-7,10,15,17H,8-9,11H2,(H,20,21,22)/t15-,17?/m1/s1. The fraction of sp³-hybridized carbons (Fsp3) is 0.263. The first-order chi connectivity index (χ1) is 12.2. The first-order valence-corrected chi connectivity index (χ1v) is 8.15. The zero-order valence-electron chi connectivity index (χ0n) is 13.4. The van der Waals surface area contributed by atoms with Crippen molar-refractivity contribution in [2.75, 3.05) is 6.61 Å². The number of carbonyl (C=O) groups is 2. The lowest BCUT2D eigenvalue weighted by atomic mass is 9.88. The highest BCUT2D eigenvalue weighted by Gasteiger charge is 2.41. The van der Waals surface area contributed by atoms with Gasteiger partial charge in [0, 0.05) is 17.5 Å². The van der Waals surface area contributed by atoms with E-state index >= 15 is 0 Å². The molecule has 2 aliphatic rings. The van der Waals surface area contributed by atoms with Gasteiger partial charge in [-0.05, 0) is 18.1 Å². The Labute approximate surface area is 144 Å². The Morgan fingerprint density at radius 3 is 2.72 bits per heavy atom. The van der Waals surface area contributed by atoms with Gasteiger partial charge in [0.25, 0.3) is 5.91 Å². The molecule has 0 aromatic heterocycles. The molecule has 25 heavy (non-hydrogen) atoms. The number of ether oxygens (including phenoxy) is 3. The Morgan fingerprint density at radius 2 is 1.96 bits per heavy atom. The van der Waals surface area contributed by atoms with Crippen LogP contribution in [0.4, 0.5) is 4.79 Å². The minimum atomic E-state index is -0.800. The summed E-state index contributed by atoms with van der Waals surface area (Å²) in [6, 6.07) is 15.4. The largest absolute Gasteiger partial charge is 0.493 e. The third-order valence-electron chi connectivity index (χ3n) is 4.40. The lowest BCUT2D eigenvalue weighted by Gasteiger charge is -2.28. The molecule has 1 unspecified atom stereocenters. The van der Waals surface area contributed by atoms with Crippen LogP contribution in [0.25, 0.3) is 0 Å². The normalized spacial score (nSPS) is 21.8. The fourth-order valence-electron chi connectivity index (χ4n) is 3.18. The van der Waals surface area contributed by atoms with Crippen LogP contribution in [0.1, 0.15) is 23.5 Å². The van der Waals surface area contributed by atoms with Crippen molar-refractivity contribution in [3.8, 4) is 11.5 Å². The molecule has 6 heteroatoms. The number of alkyl carbamates (subject to hydrolysis) is 1. The number of carbonyl (C=O) groups excluding carboxylic acids is 2. The Kier molecular flexibility index (Phi) is 4.01. The highest BCUT2D eigenvalue weighted by molar-refractivity contribution is 6.00. The van der Waals surface area contributed by atoms with Crippen molar-refractivity contribution in [3.05, 3.63) is 59.7 Å². The minimum absolute atomic E-state index is 0.210. The molecule has 1 fully saturated rings. The molecule has 6 nitrogen and oxygen atoms in total. The van der Waals surface area contributed by atoms with Crippen molar-refractivity contribution in [1.82, 2.24) is 5.32 Å². The molecule has 2 aromatic carbocycles. The molecule has 0 spiro atoms. The molecular formula is C19H17NO5. The van der Waals surface area contributed by atoms with Gasteiger partial charge in [0.05, 0.1) is 6.61 Å². The zero-order valence-corrected chi connectivity index (χ0v) is 13.4. The van der Waals surface area contributed by atoms with Gasteiger partial charge in [-0.3, -0.25) is 10.1 Å². The molecule has 2 aromatic rings. The number of fused-ring (bicyclic) bond motifs is 1. The molecular weight excluding hydrogens is 322 g/mol. The van der Waals surface area contributed by atoms with Crippen molar-refractivity contribution in [1.29, 1.82) is 0 Å². The van der Waals surface area contributed by atoms with Crippen LogP contribution in [0.5, 0.6) is 11.5 Å². The van der Waals surface area contributed by atoms with Gasteiger partial charge in [0.2, 0.25) is 0 Å². The van der Waals surface area contributed by atoms with Crippen LogP contribution < -0.4 is 14.8 Å².